The Morgan fingerprint density at radius 3 is 2.00 bits per heavy atom. The fourth-order valence-electron chi connectivity index (χ4n) is 0. The molecule has 0 bridgehead atoms. The van der Waals surface area contributed by atoms with Crippen LogP contribution in [0.25, 0.3) is 0 Å². The average Bonchev–Trinajstić information content (AvgIpc) is 1.38. The molecule has 2 N–H and O–H groups in total. The molecule has 0 fully saturated rings. The van der Waals surface area contributed by atoms with Crippen LogP contribution in [0.1, 0.15) is 0 Å². The maximum atomic E-state index is 8.83. The Morgan fingerprint density at radius 2 is 2.00 bits per heavy atom. The van der Waals surface area contributed by atoms with E-state index < -0.39 is 5.09 Å². The quantitative estimate of drug-likeness (QED) is 0.320. The van der Waals surface area contributed by atoms with E-state index in [4.69, 9.17) is 10.1 Å². The molecular weight excluding hydrogens is 177 g/mol. The largest absolute Gasteiger partial charge is 0.311 e. The monoisotopic (exact) mass is 180 g/mol. The molecular formula is H2N2O3Ru. The molecule has 0 aromatic heterocycles. The standard InChI is InChI=1S/H2N2O3.Ru/c1-5-2(3)4;/h1H2;. The summed E-state index contributed by atoms with van der Waals surface area (Å²) in [5.74, 6) is 3.97. The van der Waals surface area contributed by atoms with Gasteiger partial charge in [-0.3, -0.25) is 0 Å². The SMILES string of the molecule is NO[N+](=O)[O-].[Ru]. The molecule has 6 heavy (non-hydrogen) atoms. The van der Waals surface area contributed by atoms with Crippen molar-refractivity contribution in [1.82, 2.24) is 0 Å². The van der Waals surface area contributed by atoms with Gasteiger partial charge in [-0.1, -0.05) is 0 Å². The van der Waals surface area contributed by atoms with Gasteiger partial charge in [-0.2, -0.15) is 5.90 Å². The first-order chi connectivity index (χ1) is 2.27. The van der Waals surface area contributed by atoms with Crippen LogP contribution in [0.3, 0.4) is 0 Å². The van der Waals surface area contributed by atoms with Crippen molar-refractivity contribution < 1.29 is 29.5 Å². The van der Waals surface area contributed by atoms with Crippen molar-refractivity contribution in [3.05, 3.63) is 10.1 Å². The van der Waals surface area contributed by atoms with Crippen LogP contribution in [0.2, 0.25) is 0 Å². The van der Waals surface area contributed by atoms with Gasteiger partial charge in [-0.15, -0.1) is 10.1 Å². The summed E-state index contributed by atoms with van der Waals surface area (Å²) in [6.07, 6.45) is 0. The molecule has 0 amide bonds. The van der Waals surface area contributed by atoms with Gasteiger partial charge in [0.05, 0.1) is 0 Å². The summed E-state index contributed by atoms with van der Waals surface area (Å²) in [4.78, 5) is 11.8. The van der Waals surface area contributed by atoms with E-state index in [1.54, 1.807) is 0 Å². The number of hydrogen-bond donors (Lipinski definition) is 1. The second kappa shape index (κ2) is 4.78. The molecule has 0 spiro atoms. The van der Waals surface area contributed by atoms with E-state index in [-0.39, 0.29) is 19.5 Å². The van der Waals surface area contributed by atoms with Gasteiger partial charge in [0.15, 0.2) is 0 Å². The molecule has 0 unspecified atom stereocenters. The van der Waals surface area contributed by atoms with Crippen LogP contribution in [0.15, 0.2) is 0 Å². The molecule has 0 radical (unpaired) electrons. The minimum Gasteiger partial charge on any atom is -0.223 e. The van der Waals surface area contributed by atoms with Gasteiger partial charge in [0.1, 0.15) is 0 Å². The second-order valence-corrected chi connectivity index (χ2v) is 0.329. The van der Waals surface area contributed by atoms with Crippen LogP contribution < -0.4 is 5.90 Å². The maximum Gasteiger partial charge on any atom is 0.311 e. The molecule has 6 heteroatoms. The van der Waals surface area contributed by atoms with Gasteiger partial charge in [0.25, 0.3) is 0 Å². The van der Waals surface area contributed by atoms with Gasteiger partial charge >= 0.3 is 5.09 Å². The molecule has 38 valence electrons. The van der Waals surface area contributed by atoms with E-state index >= 15 is 0 Å². The maximum absolute atomic E-state index is 8.83. The van der Waals surface area contributed by atoms with Crippen LogP contribution in [0.5, 0.6) is 0 Å². The van der Waals surface area contributed by atoms with E-state index in [1.165, 1.54) is 0 Å². The third-order valence-corrected chi connectivity index (χ3v) is 0.0861. The summed E-state index contributed by atoms with van der Waals surface area (Å²) in [6, 6.07) is 0. The van der Waals surface area contributed by atoms with Crippen LogP contribution in [-0.2, 0) is 24.4 Å². The Hall–Kier alpha value is -0.217. The Labute approximate surface area is 46.3 Å². The molecule has 0 saturated heterocycles. The Morgan fingerprint density at radius 1 is 1.83 bits per heavy atom. The predicted molar refractivity (Wildman–Crippen MR) is 12.3 cm³/mol. The normalized spacial score (nSPS) is 5.50. The predicted octanol–water partition coefficient (Wildman–Crippen LogP) is -0.934. The van der Waals surface area contributed by atoms with Crippen molar-refractivity contribution in [2.75, 3.05) is 0 Å². The van der Waals surface area contributed by atoms with E-state index in [0.717, 1.165) is 0 Å². The number of nitrogens with zero attached hydrogens (tertiary/aromatic N) is 1. The van der Waals surface area contributed by atoms with Crippen LogP contribution in [0, 0.1) is 10.1 Å². The summed E-state index contributed by atoms with van der Waals surface area (Å²) >= 11 is 0. The van der Waals surface area contributed by atoms with Crippen molar-refractivity contribution in [2.45, 2.75) is 0 Å². The zero-order valence-corrected chi connectivity index (χ0v) is 4.34. The second-order valence-electron chi connectivity index (χ2n) is 0.329. The van der Waals surface area contributed by atoms with E-state index in [0.29, 0.717) is 0 Å². The minimum absolute atomic E-state index is 0. The summed E-state index contributed by atoms with van der Waals surface area (Å²) < 4.78 is 0. The molecule has 0 aliphatic carbocycles. The Kier molecular flexibility index (Phi) is 7.37. The Bertz CT molecular complexity index is 44.1. The fraction of sp³-hybridized carbons (Fsp3) is 0. The third kappa shape index (κ3) is 9.22. The van der Waals surface area contributed by atoms with Gasteiger partial charge in [0, 0.05) is 19.5 Å². The number of rotatable bonds is 1. The molecule has 0 heterocycles. The van der Waals surface area contributed by atoms with Crippen LogP contribution >= 0.6 is 0 Å². The van der Waals surface area contributed by atoms with Crippen molar-refractivity contribution in [3.63, 3.8) is 0 Å². The number of nitrogens with two attached hydrogens (primary N) is 1. The summed E-state index contributed by atoms with van der Waals surface area (Å²) in [7, 11) is 0. The van der Waals surface area contributed by atoms with Crippen molar-refractivity contribution >= 4 is 0 Å². The van der Waals surface area contributed by atoms with E-state index in [1.807, 2.05) is 0 Å². The fourth-order valence-corrected chi connectivity index (χ4v) is 0. The molecule has 0 atom stereocenters. The van der Waals surface area contributed by atoms with E-state index in [9.17, 15) is 0 Å². The minimum atomic E-state index is -1.10. The first-order valence-electron chi connectivity index (χ1n) is 0.783. The molecule has 5 nitrogen and oxygen atoms in total. The van der Waals surface area contributed by atoms with Gasteiger partial charge in [0.2, 0.25) is 0 Å². The molecule has 0 aliphatic rings. The molecule has 0 aliphatic heterocycles. The van der Waals surface area contributed by atoms with Crippen molar-refractivity contribution in [1.29, 1.82) is 0 Å². The topological polar surface area (TPSA) is 78.4 Å². The molecule has 0 aromatic carbocycles. The zero-order chi connectivity index (χ0) is 4.28. The first-order valence-corrected chi connectivity index (χ1v) is 0.783. The third-order valence-electron chi connectivity index (χ3n) is 0.0861. The van der Waals surface area contributed by atoms with Gasteiger partial charge < -0.3 is 0 Å². The molecule has 0 rings (SSSR count). The van der Waals surface area contributed by atoms with Crippen LogP contribution in [-0.4, -0.2) is 5.09 Å². The summed E-state index contributed by atoms with van der Waals surface area (Å²) in [5.41, 5.74) is 0. The molecule has 0 saturated carbocycles. The zero-order valence-electron chi connectivity index (χ0n) is 2.60. The summed E-state index contributed by atoms with van der Waals surface area (Å²) in [5, 5.41) is 7.73. The first kappa shape index (κ1) is 9.24. The average molecular weight is 179 g/mol. The Balaban J connectivity index is 0. The van der Waals surface area contributed by atoms with Crippen molar-refractivity contribution in [3.8, 4) is 0 Å². The van der Waals surface area contributed by atoms with Crippen molar-refractivity contribution in [2.24, 2.45) is 5.90 Å². The van der Waals surface area contributed by atoms with E-state index in [2.05, 4.69) is 10.8 Å². The van der Waals surface area contributed by atoms with Crippen LogP contribution in [0.4, 0.5) is 0 Å². The number of hydrogen-bond acceptors (Lipinski definition) is 4. The summed E-state index contributed by atoms with van der Waals surface area (Å²) in [6.45, 7) is 0. The smallest absolute Gasteiger partial charge is 0.223 e. The molecule has 0 aromatic rings. The van der Waals surface area contributed by atoms with Gasteiger partial charge in [-0.25, -0.2) is 4.94 Å². The van der Waals surface area contributed by atoms with Gasteiger partial charge in [-0.05, 0) is 0 Å².